The molecule has 0 spiro atoms. The van der Waals surface area contributed by atoms with Gasteiger partial charge in [-0.05, 0) is 54.6 Å². The molecule has 4 rings (SSSR count). The number of nitrogens with two attached hydrogens (primary N) is 1. The normalized spacial score (nSPS) is 10.3. The van der Waals surface area contributed by atoms with Crippen molar-refractivity contribution in [3.8, 4) is 40.5 Å². The first-order valence-electron chi connectivity index (χ1n) is 8.24. The van der Waals surface area contributed by atoms with Crippen molar-refractivity contribution >= 4 is 5.82 Å². The van der Waals surface area contributed by atoms with E-state index in [0.29, 0.717) is 22.4 Å². The summed E-state index contributed by atoms with van der Waals surface area (Å²) in [6.45, 7) is 0. The van der Waals surface area contributed by atoms with Gasteiger partial charge >= 0.3 is 0 Å². The Labute approximate surface area is 155 Å². The number of hydrogen-bond donors (Lipinski definition) is 2. The van der Waals surface area contributed by atoms with Gasteiger partial charge in [-0.1, -0.05) is 0 Å². The van der Waals surface area contributed by atoms with Gasteiger partial charge in [0.05, 0.1) is 28.7 Å². The molecule has 3 aromatic heterocycles. The fourth-order valence-corrected chi connectivity index (χ4v) is 3.03. The van der Waals surface area contributed by atoms with Gasteiger partial charge < -0.3 is 15.3 Å². The molecule has 0 fully saturated rings. The number of hydrogen-bond acceptors (Lipinski definition) is 4. The summed E-state index contributed by atoms with van der Waals surface area (Å²) >= 11 is 0. The second-order valence-corrected chi connectivity index (χ2v) is 5.93. The molecule has 0 amide bonds. The van der Waals surface area contributed by atoms with Gasteiger partial charge in [0, 0.05) is 23.6 Å². The SMILES string of the molecule is N#Cc1ccc(-n2cccc2-c2cc(-c3ccc[nH]3)nc(N)c2C#N)cc1. The Morgan fingerprint density at radius 2 is 1.81 bits per heavy atom. The van der Waals surface area contributed by atoms with Crippen LogP contribution < -0.4 is 5.73 Å². The van der Waals surface area contributed by atoms with Crippen LogP contribution in [0.5, 0.6) is 0 Å². The number of nitrogens with zero attached hydrogens (tertiary/aromatic N) is 4. The van der Waals surface area contributed by atoms with E-state index in [2.05, 4.69) is 22.1 Å². The highest BCUT2D eigenvalue weighted by Gasteiger charge is 2.16. The lowest BCUT2D eigenvalue weighted by Gasteiger charge is -2.13. The van der Waals surface area contributed by atoms with Crippen LogP contribution in [-0.2, 0) is 0 Å². The summed E-state index contributed by atoms with van der Waals surface area (Å²) in [5, 5.41) is 18.6. The molecule has 0 atom stereocenters. The molecule has 6 heteroatoms. The van der Waals surface area contributed by atoms with E-state index in [4.69, 9.17) is 11.0 Å². The Morgan fingerprint density at radius 3 is 2.48 bits per heavy atom. The first-order chi connectivity index (χ1) is 13.2. The van der Waals surface area contributed by atoms with Crippen LogP contribution in [0.4, 0.5) is 5.82 Å². The van der Waals surface area contributed by atoms with Crippen molar-refractivity contribution in [2.24, 2.45) is 0 Å². The number of aromatic amines is 1. The van der Waals surface area contributed by atoms with Crippen LogP contribution in [0.15, 0.2) is 67.0 Å². The number of nitrogens with one attached hydrogen (secondary N) is 1. The van der Waals surface area contributed by atoms with Crippen molar-refractivity contribution < 1.29 is 0 Å². The van der Waals surface area contributed by atoms with Gasteiger partial charge in [-0.15, -0.1) is 0 Å². The van der Waals surface area contributed by atoms with Crippen LogP contribution in [0, 0.1) is 22.7 Å². The standard InChI is InChI=1S/C21H14N6/c22-12-14-5-7-15(8-6-14)27-10-2-4-20(27)16-11-19(18-3-1-9-25-18)26-21(24)17(16)13-23/h1-11,25H,(H2,24,26). The minimum atomic E-state index is 0.187. The maximum absolute atomic E-state index is 9.63. The summed E-state index contributed by atoms with van der Waals surface area (Å²) in [4.78, 5) is 7.47. The molecule has 0 saturated carbocycles. The molecule has 0 unspecified atom stereocenters. The first-order valence-corrected chi connectivity index (χ1v) is 8.24. The van der Waals surface area contributed by atoms with Crippen molar-refractivity contribution in [3.63, 3.8) is 0 Å². The number of aromatic nitrogens is 3. The Hall–Kier alpha value is -4.29. The van der Waals surface area contributed by atoms with Gasteiger partial charge in [-0.25, -0.2) is 4.98 Å². The van der Waals surface area contributed by atoms with E-state index >= 15 is 0 Å². The van der Waals surface area contributed by atoms with Crippen molar-refractivity contribution in [1.82, 2.24) is 14.5 Å². The summed E-state index contributed by atoms with van der Waals surface area (Å²) in [6, 6.07) is 21.0. The highest BCUT2D eigenvalue weighted by atomic mass is 15.0. The van der Waals surface area contributed by atoms with E-state index in [9.17, 15) is 5.26 Å². The average Bonchev–Trinajstić information content (AvgIpc) is 3.39. The molecule has 27 heavy (non-hydrogen) atoms. The van der Waals surface area contributed by atoms with E-state index in [-0.39, 0.29) is 5.82 Å². The van der Waals surface area contributed by atoms with Gasteiger partial charge in [0.15, 0.2) is 0 Å². The highest BCUT2D eigenvalue weighted by Crippen LogP contribution is 2.32. The molecule has 3 N–H and O–H groups in total. The third kappa shape index (κ3) is 2.82. The largest absolute Gasteiger partial charge is 0.383 e. The molecular weight excluding hydrogens is 336 g/mol. The summed E-state index contributed by atoms with van der Waals surface area (Å²) in [5.41, 5.74) is 10.9. The molecule has 6 nitrogen and oxygen atoms in total. The molecule has 128 valence electrons. The van der Waals surface area contributed by atoms with Crippen molar-refractivity contribution in [2.45, 2.75) is 0 Å². The fraction of sp³-hybridized carbons (Fsp3) is 0. The maximum atomic E-state index is 9.63. The summed E-state index contributed by atoms with van der Waals surface area (Å²) in [5.74, 6) is 0.187. The zero-order valence-electron chi connectivity index (χ0n) is 14.2. The van der Waals surface area contributed by atoms with Crippen molar-refractivity contribution in [3.05, 3.63) is 78.1 Å². The molecule has 0 aliphatic heterocycles. The van der Waals surface area contributed by atoms with E-state index in [0.717, 1.165) is 17.1 Å². The van der Waals surface area contributed by atoms with Crippen LogP contribution in [-0.4, -0.2) is 14.5 Å². The number of pyridine rings is 1. The van der Waals surface area contributed by atoms with Gasteiger partial charge in [-0.2, -0.15) is 10.5 Å². The van der Waals surface area contributed by atoms with Crippen molar-refractivity contribution in [2.75, 3.05) is 5.73 Å². The second kappa shape index (κ2) is 6.55. The van der Waals surface area contributed by atoms with E-state index < -0.39 is 0 Å². The van der Waals surface area contributed by atoms with Crippen LogP contribution in [0.1, 0.15) is 11.1 Å². The quantitative estimate of drug-likeness (QED) is 0.585. The molecule has 0 saturated heterocycles. The Morgan fingerprint density at radius 1 is 1.00 bits per heavy atom. The van der Waals surface area contributed by atoms with E-state index in [1.807, 2.05) is 59.4 Å². The lowest BCUT2D eigenvalue weighted by Crippen LogP contribution is -2.02. The molecule has 0 bridgehead atoms. The van der Waals surface area contributed by atoms with Gasteiger partial charge in [-0.3, -0.25) is 0 Å². The summed E-state index contributed by atoms with van der Waals surface area (Å²) in [7, 11) is 0. The van der Waals surface area contributed by atoms with Gasteiger partial charge in [0.1, 0.15) is 17.5 Å². The molecular formula is C21H14N6. The van der Waals surface area contributed by atoms with Gasteiger partial charge in [0.25, 0.3) is 0 Å². The molecule has 3 heterocycles. The smallest absolute Gasteiger partial charge is 0.142 e. The number of rotatable bonds is 3. The highest BCUT2D eigenvalue weighted by molar-refractivity contribution is 5.79. The maximum Gasteiger partial charge on any atom is 0.142 e. The number of H-pyrrole nitrogens is 1. The molecule has 0 radical (unpaired) electrons. The second-order valence-electron chi connectivity index (χ2n) is 5.93. The fourth-order valence-electron chi connectivity index (χ4n) is 3.03. The topological polar surface area (TPSA) is 107 Å². The number of anilines is 1. The average molecular weight is 350 g/mol. The predicted octanol–water partition coefficient (Wildman–Crippen LogP) is 3.86. The van der Waals surface area contributed by atoms with Crippen LogP contribution in [0.3, 0.4) is 0 Å². The summed E-state index contributed by atoms with van der Waals surface area (Å²) in [6.07, 6.45) is 3.72. The molecule has 4 aromatic rings. The molecule has 1 aromatic carbocycles. The van der Waals surface area contributed by atoms with Crippen LogP contribution >= 0.6 is 0 Å². The minimum absolute atomic E-state index is 0.187. The van der Waals surface area contributed by atoms with Crippen molar-refractivity contribution in [1.29, 1.82) is 10.5 Å². The lowest BCUT2D eigenvalue weighted by molar-refractivity contribution is 1.08. The third-order valence-electron chi connectivity index (χ3n) is 4.33. The zero-order valence-corrected chi connectivity index (χ0v) is 14.2. The summed E-state index contributed by atoms with van der Waals surface area (Å²) < 4.78 is 1.95. The third-order valence-corrected chi connectivity index (χ3v) is 4.33. The molecule has 0 aliphatic rings. The van der Waals surface area contributed by atoms with E-state index in [1.54, 1.807) is 12.1 Å². The van der Waals surface area contributed by atoms with Crippen LogP contribution in [0.25, 0.3) is 28.3 Å². The first kappa shape index (κ1) is 16.2. The Kier molecular flexibility index (Phi) is 3.93. The number of nitrogen functional groups attached to an aromatic ring is 1. The monoisotopic (exact) mass is 350 g/mol. The lowest BCUT2D eigenvalue weighted by atomic mass is 10.0. The Balaban J connectivity index is 1.91. The number of benzene rings is 1. The van der Waals surface area contributed by atoms with E-state index in [1.165, 1.54) is 0 Å². The minimum Gasteiger partial charge on any atom is -0.383 e. The number of nitriles is 2. The van der Waals surface area contributed by atoms with Crippen LogP contribution in [0.2, 0.25) is 0 Å². The Bertz CT molecular complexity index is 1190. The van der Waals surface area contributed by atoms with Gasteiger partial charge in [0.2, 0.25) is 0 Å². The predicted molar refractivity (Wildman–Crippen MR) is 103 cm³/mol. The zero-order chi connectivity index (χ0) is 18.8. The molecule has 0 aliphatic carbocycles.